The van der Waals surface area contributed by atoms with Crippen molar-refractivity contribution >= 4 is 5.97 Å². The van der Waals surface area contributed by atoms with Gasteiger partial charge in [-0.1, -0.05) is 31.2 Å². The summed E-state index contributed by atoms with van der Waals surface area (Å²) >= 11 is 0. The molecule has 0 bridgehead atoms. The van der Waals surface area contributed by atoms with Crippen LogP contribution in [0.25, 0.3) is 0 Å². The van der Waals surface area contributed by atoms with Gasteiger partial charge in [-0.3, -0.25) is 4.79 Å². The number of cyclic esters (lactones) is 1. The summed E-state index contributed by atoms with van der Waals surface area (Å²) in [6, 6.07) is 0. The van der Waals surface area contributed by atoms with Crippen LogP contribution in [0.15, 0.2) is 24.3 Å². The quantitative estimate of drug-likeness (QED) is 0.462. The largest absolute Gasteiger partial charge is 0.465 e. The van der Waals surface area contributed by atoms with Gasteiger partial charge in [-0.2, -0.15) is 0 Å². The van der Waals surface area contributed by atoms with Gasteiger partial charge in [-0.15, -0.1) is 0 Å². The standard InChI is InChI=1S/C14H22O2/c1-13-9-7-5-3-2-4-6-8-10-14(15)16-12-11-13/h3,5-6,8,13H,2,4,7,9-12H2,1H3/b5-3-,8-6+. The second-order valence-corrected chi connectivity index (χ2v) is 4.42. The van der Waals surface area contributed by atoms with Crippen LogP contribution in [0.4, 0.5) is 0 Å². The zero-order chi connectivity index (χ0) is 11.6. The van der Waals surface area contributed by atoms with E-state index in [2.05, 4.69) is 25.2 Å². The number of carbonyl (C=O) groups excluding carboxylic acids is 1. The van der Waals surface area contributed by atoms with Crippen molar-refractivity contribution in [1.82, 2.24) is 0 Å². The fraction of sp³-hybridized carbons (Fsp3) is 0.643. The monoisotopic (exact) mass is 222 g/mol. The number of rotatable bonds is 0. The van der Waals surface area contributed by atoms with Crippen LogP contribution in [0, 0.1) is 5.92 Å². The topological polar surface area (TPSA) is 26.3 Å². The fourth-order valence-corrected chi connectivity index (χ4v) is 1.68. The minimum atomic E-state index is -0.101. The first-order chi connectivity index (χ1) is 7.79. The number of esters is 1. The summed E-state index contributed by atoms with van der Waals surface area (Å²) in [6.07, 6.45) is 14.3. The van der Waals surface area contributed by atoms with E-state index in [0.717, 1.165) is 25.7 Å². The number of allylic oxidation sites excluding steroid dienone is 3. The average molecular weight is 222 g/mol. The van der Waals surface area contributed by atoms with Crippen molar-refractivity contribution in [3.8, 4) is 0 Å². The first-order valence-electron chi connectivity index (χ1n) is 6.24. The molecule has 0 radical (unpaired) electrons. The minimum absolute atomic E-state index is 0.101. The lowest BCUT2D eigenvalue weighted by Gasteiger charge is -2.10. The second-order valence-electron chi connectivity index (χ2n) is 4.42. The lowest BCUT2D eigenvalue weighted by molar-refractivity contribution is -0.142. The lowest BCUT2D eigenvalue weighted by Crippen LogP contribution is -2.07. The van der Waals surface area contributed by atoms with Crippen molar-refractivity contribution in [2.75, 3.05) is 6.61 Å². The molecule has 0 aromatic rings. The van der Waals surface area contributed by atoms with E-state index in [9.17, 15) is 4.79 Å². The Morgan fingerprint density at radius 1 is 1.06 bits per heavy atom. The summed E-state index contributed by atoms with van der Waals surface area (Å²) in [4.78, 5) is 11.3. The highest BCUT2D eigenvalue weighted by Crippen LogP contribution is 2.11. The predicted molar refractivity (Wildman–Crippen MR) is 66.1 cm³/mol. The van der Waals surface area contributed by atoms with Gasteiger partial charge < -0.3 is 4.74 Å². The molecule has 1 heterocycles. The molecule has 0 aromatic carbocycles. The molecule has 0 saturated carbocycles. The molecular weight excluding hydrogens is 200 g/mol. The van der Waals surface area contributed by atoms with Crippen molar-refractivity contribution in [3.63, 3.8) is 0 Å². The molecule has 2 heteroatoms. The Morgan fingerprint density at radius 3 is 2.56 bits per heavy atom. The van der Waals surface area contributed by atoms with Crippen molar-refractivity contribution < 1.29 is 9.53 Å². The molecule has 1 aliphatic heterocycles. The molecule has 1 rings (SSSR count). The summed E-state index contributed by atoms with van der Waals surface area (Å²) in [5.41, 5.74) is 0. The summed E-state index contributed by atoms with van der Waals surface area (Å²) in [5, 5.41) is 0. The Kier molecular flexibility index (Phi) is 6.62. The number of carbonyl (C=O) groups is 1. The van der Waals surface area contributed by atoms with Crippen LogP contribution in [0.3, 0.4) is 0 Å². The Labute approximate surface area is 98.4 Å². The Hall–Kier alpha value is -1.05. The van der Waals surface area contributed by atoms with Crippen LogP contribution in [0.1, 0.15) is 45.4 Å². The smallest absolute Gasteiger partial charge is 0.309 e. The van der Waals surface area contributed by atoms with E-state index in [4.69, 9.17) is 4.74 Å². The van der Waals surface area contributed by atoms with Gasteiger partial charge in [0.05, 0.1) is 13.0 Å². The average Bonchev–Trinajstić information content (AvgIpc) is 2.26. The van der Waals surface area contributed by atoms with Crippen molar-refractivity contribution in [3.05, 3.63) is 24.3 Å². The molecule has 1 atom stereocenters. The van der Waals surface area contributed by atoms with E-state index in [1.807, 2.05) is 6.08 Å². The summed E-state index contributed by atoms with van der Waals surface area (Å²) in [5.74, 6) is 0.534. The van der Waals surface area contributed by atoms with E-state index in [-0.39, 0.29) is 5.97 Å². The highest BCUT2D eigenvalue weighted by molar-refractivity contribution is 5.71. The third kappa shape index (κ3) is 6.44. The molecule has 0 saturated heterocycles. The first-order valence-corrected chi connectivity index (χ1v) is 6.24. The molecule has 0 amide bonds. The predicted octanol–water partition coefficient (Wildman–Crippen LogP) is 3.63. The second kappa shape index (κ2) is 8.14. The maximum absolute atomic E-state index is 11.3. The molecule has 90 valence electrons. The number of ether oxygens (including phenoxy) is 1. The van der Waals surface area contributed by atoms with E-state index in [1.54, 1.807) is 0 Å². The third-order valence-electron chi connectivity index (χ3n) is 2.82. The van der Waals surface area contributed by atoms with Crippen LogP contribution < -0.4 is 0 Å². The van der Waals surface area contributed by atoms with Gasteiger partial charge in [0.15, 0.2) is 0 Å². The van der Waals surface area contributed by atoms with Crippen LogP contribution in [-0.2, 0) is 9.53 Å². The van der Waals surface area contributed by atoms with Crippen molar-refractivity contribution in [2.45, 2.75) is 45.4 Å². The zero-order valence-corrected chi connectivity index (χ0v) is 10.2. The lowest BCUT2D eigenvalue weighted by atomic mass is 10.0. The van der Waals surface area contributed by atoms with Crippen molar-refractivity contribution in [1.29, 1.82) is 0 Å². The summed E-state index contributed by atoms with van der Waals surface area (Å²) < 4.78 is 5.15. The molecule has 0 aromatic heterocycles. The molecule has 16 heavy (non-hydrogen) atoms. The minimum Gasteiger partial charge on any atom is -0.465 e. The van der Waals surface area contributed by atoms with Crippen LogP contribution in [-0.4, -0.2) is 12.6 Å². The molecule has 0 spiro atoms. The Balaban J connectivity index is 2.38. The fourth-order valence-electron chi connectivity index (χ4n) is 1.68. The van der Waals surface area contributed by atoms with Gasteiger partial charge in [-0.05, 0) is 38.0 Å². The molecule has 0 N–H and O–H groups in total. The molecule has 0 aliphatic carbocycles. The van der Waals surface area contributed by atoms with Gasteiger partial charge in [-0.25, -0.2) is 0 Å². The van der Waals surface area contributed by atoms with Gasteiger partial charge in [0, 0.05) is 0 Å². The number of hydrogen-bond acceptors (Lipinski definition) is 2. The highest BCUT2D eigenvalue weighted by atomic mass is 16.5. The number of hydrogen-bond donors (Lipinski definition) is 0. The van der Waals surface area contributed by atoms with Crippen molar-refractivity contribution in [2.24, 2.45) is 5.92 Å². The van der Waals surface area contributed by atoms with Gasteiger partial charge in [0.1, 0.15) is 0 Å². The summed E-state index contributed by atoms with van der Waals surface area (Å²) in [7, 11) is 0. The first kappa shape index (κ1) is 13.0. The molecular formula is C14H22O2. The Morgan fingerprint density at radius 2 is 1.75 bits per heavy atom. The normalized spacial score (nSPS) is 28.8. The van der Waals surface area contributed by atoms with Gasteiger partial charge in [0.25, 0.3) is 0 Å². The maximum atomic E-state index is 11.3. The third-order valence-corrected chi connectivity index (χ3v) is 2.82. The summed E-state index contributed by atoms with van der Waals surface area (Å²) in [6.45, 7) is 2.78. The molecule has 1 unspecified atom stereocenters. The van der Waals surface area contributed by atoms with Gasteiger partial charge in [0.2, 0.25) is 0 Å². The molecule has 2 nitrogen and oxygen atoms in total. The molecule has 0 fully saturated rings. The SMILES string of the molecule is CC1CC/C=C\CC/C=C/CC(=O)OCC1. The van der Waals surface area contributed by atoms with E-state index < -0.39 is 0 Å². The van der Waals surface area contributed by atoms with E-state index in [0.29, 0.717) is 18.9 Å². The van der Waals surface area contributed by atoms with E-state index in [1.165, 1.54) is 6.42 Å². The maximum Gasteiger partial charge on any atom is 0.309 e. The van der Waals surface area contributed by atoms with Gasteiger partial charge >= 0.3 is 5.97 Å². The zero-order valence-electron chi connectivity index (χ0n) is 10.2. The highest BCUT2D eigenvalue weighted by Gasteiger charge is 2.04. The Bertz CT molecular complexity index is 253. The van der Waals surface area contributed by atoms with E-state index >= 15 is 0 Å². The van der Waals surface area contributed by atoms with Crippen LogP contribution in [0.2, 0.25) is 0 Å². The molecule has 1 aliphatic rings. The van der Waals surface area contributed by atoms with Crippen LogP contribution in [0.5, 0.6) is 0 Å². The van der Waals surface area contributed by atoms with Crippen LogP contribution >= 0.6 is 0 Å².